The Labute approximate surface area is 248 Å². The first-order chi connectivity index (χ1) is 20.7. The summed E-state index contributed by atoms with van der Waals surface area (Å²) in [6, 6.07) is 50.5. The summed E-state index contributed by atoms with van der Waals surface area (Å²) in [7, 11) is 0. The molecular formula is C39H24ClNO. The van der Waals surface area contributed by atoms with Crippen LogP contribution in [0.4, 0.5) is 0 Å². The number of hydrogen-bond acceptors (Lipinski definition) is 2. The molecule has 0 aliphatic rings. The van der Waals surface area contributed by atoms with Gasteiger partial charge < -0.3 is 4.42 Å². The molecule has 7 aromatic carbocycles. The second-order valence-corrected chi connectivity index (χ2v) is 11.0. The van der Waals surface area contributed by atoms with Crippen molar-refractivity contribution < 1.29 is 4.42 Å². The molecule has 2 nitrogen and oxygen atoms in total. The van der Waals surface area contributed by atoms with E-state index in [4.69, 9.17) is 21.0 Å². The van der Waals surface area contributed by atoms with Gasteiger partial charge in [0, 0.05) is 16.1 Å². The Balaban J connectivity index is 1.34. The molecule has 0 saturated heterocycles. The Bertz CT molecular complexity index is 2250. The van der Waals surface area contributed by atoms with E-state index in [1.807, 2.05) is 18.2 Å². The van der Waals surface area contributed by atoms with Crippen LogP contribution in [0.5, 0.6) is 0 Å². The van der Waals surface area contributed by atoms with Crippen LogP contribution in [0.25, 0.3) is 77.5 Å². The molecule has 0 saturated carbocycles. The van der Waals surface area contributed by atoms with Crippen molar-refractivity contribution in [3.8, 4) is 44.8 Å². The van der Waals surface area contributed by atoms with Crippen molar-refractivity contribution in [2.45, 2.75) is 0 Å². The van der Waals surface area contributed by atoms with E-state index < -0.39 is 0 Å². The lowest BCUT2D eigenvalue weighted by molar-refractivity contribution is 0.620. The van der Waals surface area contributed by atoms with Crippen LogP contribution in [-0.4, -0.2) is 4.98 Å². The Morgan fingerprint density at radius 2 is 1.07 bits per heavy atom. The predicted molar refractivity (Wildman–Crippen MR) is 176 cm³/mol. The summed E-state index contributed by atoms with van der Waals surface area (Å²) in [6.07, 6.45) is 0. The first-order valence-corrected chi connectivity index (χ1v) is 14.4. The summed E-state index contributed by atoms with van der Waals surface area (Å²) in [6.45, 7) is 0. The molecule has 42 heavy (non-hydrogen) atoms. The smallest absolute Gasteiger partial charge is 0.227 e. The van der Waals surface area contributed by atoms with E-state index in [0.29, 0.717) is 5.89 Å². The van der Waals surface area contributed by atoms with E-state index in [1.165, 1.54) is 27.1 Å². The zero-order chi connectivity index (χ0) is 28.0. The van der Waals surface area contributed by atoms with Crippen LogP contribution in [0.2, 0.25) is 5.02 Å². The minimum absolute atomic E-state index is 0.596. The fourth-order valence-corrected chi connectivity index (χ4v) is 6.11. The second-order valence-electron chi connectivity index (χ2n) is 10.5. The van der Waals surface area contributed by atoms with Gasteiger partial charge in [-0.25, -0.2) is 4.98 Å². The first-order valence-electron chi connectivity index (χ1n) is 14.0. The highest BCUT2D eigenvalue weighted by molar-refractivity contribution is 6.30. The maximum Gasteiger partial charge on any atom is 0.227 e. The first kappa shape index (κ1) is 24.6. The minimum Gasteiger partial charge on any atom is -0.436 e. The van der Waals surface area contributed by atoms with Crippen molar-refractivity contribution in [3.63, 3.8) is 0 Å². The molecule has 0 N–H and O–H groups in total. The van der Waals surface area contributed by atoms with Crippen LogP contribution in [0.3, 0.4) is 0 Å². The van der Waals surface area contributed by atoms with E-state index in [2.05, 4.69) is 127 Å². The number of benzene rings is 7. The monoisotopic (exact) mass is 557 g/mol. The van der Waals surface area contributed by atoms with Gasteiger partial charge in [-0.05, 0) is 85.8 Å². The van der Waals surface area contributed by atoms with Crippen LogP contribution in [0, 0.1) is 0 Å². The number of fused-ring (bicyclic) bond motifs is 3. The molecule has 1 aromatic heterocycles. The quantitative estimate of drug-likeness (QED) is 0.215. The fraction of sp³-hybridized carbons (Fsp3) is 0. The highest BCUT2D eigenvalue weighted by Gasteiger charge is 2.18. The van der Waals surface area contributed by atoms with Gasteiger partial charge in [0.05, 0.1) is 0 Å². The van der Waals surface area contributed by atoms with Gasteiger partial charge in [0.2, 0.25) is 5.89 Å². The molecule has 0 fully saturated rings. The summed E-state index contributed by atoms with van der Waals surface area (Å²) < 4.78 is 6.54. The van der Waals surface area contributed by atoms with Crippen molar-refractivity contribution in [3.05, 3.63) is 151 Å². The van der Waals surface area contributed by atoms with Gasteiger partial charge in [-0.2, -0.15) is 0 Å². The van der Waals surface area contributed by atoms with Crippen LogP contribution < -0.4 is 0 Å². The van der Waals surface area contributed by atoms with Crippen molar-refractivity contribution in [1.82, 2.24) is 4.98 Å². The molecule has 0 amide bonds. The van der Waals surface area contributed by atoms with Gasteiger partial charge >= 0.3 is 0 Å². The third-order valence-electron chi connectivity index (χ3n) is 7.97. The SMILES string of the molecule is Clc1cccc(-c2ccc(-c3nc4c(-c5cccc6ccccc56)cc(-c5cccc6ccccc56)cc4o3)cc2)c1. The van der Waals surface area contributed by atoms with Crippen molar-refractivity contribution in [2.75, 3.05) is 0 Å². The van der Waals surface area contributed by atoms with Gasteiger partial charge in [-0.1, -0.05) is 121 Å². The van der Waals surface area contributed by atoms with Gasteiger partial charge in [0.15, 0.2) is 5.58 Å². The van der Waals surface area contributed by atoms with Gasteiger partial charge in [-0.15, -0.1) is 0 Å². The van der Waals surface area contributed by atoms with E-state index >= 15 is 0 Å². The average Bonchev–Trinajstić information content (AvgIpc) is 3.48. The van der Waals surface area contributed by atoms with Gasteiger partial charge in [0.25, 0.3) is 0 Å². The lowest BCUT2D eigenvalue weighted by Crippen LogP contribution is -1.87. The lowest BCUT2D eigenvalue weighted by Gasteiger charge is -2.11. The Hall–Kier alpha value is -5.18. The lowest BCUT2D eigenvalue weighted by atomic mass is 9.92. The number of rotatable bonds is 4. The second kappa shape index (κ2) is 10.0. The fourth-order valence-electron chi connectivity index (χ4n) is 5.92. The average molecular weight is 558 g/mol. The van der Waals surface area contributed by atoms with Crippen molar-refractivity contribution >= 4 is 44.2 Å². The molecule has 0 radical (unpaired) electrons. The molecule has 0 bridgehead atoms. The number of aromatic nitrogens is 1. The number of hydrogen-bond donors (Lipinski definition) is 0. The zero-order valence-electron chi connectivity index (χ0n) is 22.6. The molecule has 198 valence electrons. The Morgan fingerprint density at radius 3 is 1.81 bits per heavy atom. The Morgan fingerprint density at radius 1 is 0.452 bits per heavy atom. The molecule has 0 aliphatic heterocycles. The molecule has 0 spiro atoms. The summed E-state index contributed by atoms with van der Waals surface area (Å²) in [4.78, 5) is 5.09. The van der Waals surface area contributed by atoms with Crippen LogP contribution >= 0.6 is 11.6 Å². The normalized spacial score (nSPS) is 11.5. The van der Waals surface area contributed by atoms with E-state index in [9.17, 15) is 0 Å². The van der Waals surface area contributed by atoms with Crippen molar-refractivity contribution in [1.29, 1.82) is 0 Å². The minimum atomic E-state index is 0.596. The number of oxazole rings is 1. The summed E-state index contributed by atoms with van der Waals surface area (Å²) >= 11 is 6.23. The number of halogens is 1. The van der Waals surface area contributed by atoms with E-state index in [1.54, 1.807) is 0 Å². The Kier molecular flexibility index (Phi) is 5.87. The van der Waals surface area contributed by atoms with Gasteiger partial charge in [0.1, 0.15) is 5.52 Å². The maximum absolute atomic E-state index is 6.54. The predicted octanol–water partition coefficient (Wildman–Crippen LogP) is 11.5. The van der Waals surface area contributed by atoms with Crippen LogP contribution in [0.1, 0.15) is 0 Å². The maximum atomic E-state index is 6.54. The molecule has 8 aromatic rings. The number of nitrogens with zero attached hydrogens (tertiary/aromatic N) is 1. The highest BCUT2D eigenvalue weighted by atomic mass is 35.5. The molecule has 8 rings (SSSR count). The summed E-state index contributed by atoms with van der Waals surface area (Å²) in [5, 5.41) is 5.52. The summed E-state index contributed by atoms with van der Waals surface area (Å²) in [5.41, 5.74) is 9.15. The topological polar surface area (TPSA) is 26.0 Å². The van der Waals surface area contributed by atoms with E-state index in [0.717, 1.165) is 49.5 Å². The summed E-state index contributed by atoms with van der Waals surface area (Å²) in [5.74, 6) is 0.596. The van der Waals surface area contributed by atoms with Gasteiger partial charge in [-0.3, -0.25) is 0 Å². The largest absolute Gasteiger partial charge is 0.436 e. The molecule has 0 aliphatic carbocycles. The van der Waals surface area contributed by atoms with Crippen LogP contribution in [0.15, 0.2) is 150 Å². The molecule has 0 atom stereocenters. The third-order valence-corrected chi connectivity index (χ3v) is 8.20. The molecular weight excluding hydrogens is 534 g/mol. The highest BCUT2D eigenvalue weighted by Crippen LogP contribution is 2.40. The molecule has 3 heteroatoms. The third kappa shape index (κ3) is 4.25. The van der Waals surface area contributed by atoms with Crippen molar-refractivity contribution in [2.24, 2.45) is 0 Å². The molecule has 1 heterocycles. The van der Waals surface area contributed by atoms with Crippen LogP contribution in [-0.2, 0) is 0 Å². The standard InChI is InChI=1S/C39H24ClNO/c40-31-13-5-12-29(22-31)25-18-20-28(21-19-25)39-41-38-36(35-17-7-11-27-9-2-4-15-33(27)35)23-30(24-37(38)42-39)34-16-6-10-26-8-1-3-14-32(26)34/h1-24H. The van der Waals surface area contributed by atoms with E-state index in [-0.39, 0.29) is 0 Å². The molecule has 0 unspecified atom stereocenters. The zero-order valence-corrected chi connectivity index (χ0v) is 23.3.